The van der Waals surface area contributed by atoms with Crippen LogP contribution in [-0.2, 0) is 13.0 Å². The van der Waals surface area contributed by atoms with Gasteiger partial charge in [0.2, 0.25) is 0 Å². The third kappa shape index (κ3) is 5.16. The molecule has 3 rings (SSSR count). The lowest BCUT2D eigenvalue weighted by molar-refractivity contribution is 0.373. The zero-order valence-electron chi connectivity index (χ0n) is 16.2. The molecule has 0 bridgehead atoms. The fourth-order valence-corrected chi connectivity index (χ4v) is 3.56. The number of phenols is 1. The SMILES string of the molecule is CCNC(=NCc1ccc(OC)c(O)c1)N1CCC(Cc2ccccc2)C1. The van der Waals surface area contributed by atoms with E-state index in [4.69, 9.17) is 9.73 Å². The van der Waals surface area contributed by atoms with E-state index in [0.717, 1.165) is 37.6 Å². The van der Waals surface area contributed by atoms with Gasteiger partial charge in [0.05, 0.1) is 13.7 Å². The molecular formula is C22H29N3O2. The molecule has 0 aromatic heterocycles. The highest BCUT2D eigenvalue weighted by molar-refractivity contribution is 5.80. The van der Waals surface area contributed by atoms with Crippen LogP contribution in [0.3, 0.4) is 0 Å². The van der Waals surface area contributed by atoms with E-state index in [9.17, 15) is 5.11 Å². The molecule has 144 valence electrons. The van der Waals surface area contributed by atoms with Gasteiger partial charge in [-0.25, -0.2) is 4.99 Å². The van der Waals surface area contributed by atoms with Gasteiger partial charge in [-0.3, -0.25) is 0 Å². The number of methoxy groups -OCH3 is 1. The summed E-state index contributed by atoms with van der Waals surface area (Å²) in [4.78, 5) is 7.13. The van der Waals surface area contributed by atoms with Crippen molar-refractivity contribution in [3.05, 3.63) is 59.7 Å². The molecule has 1 atom stereocenters. The number of rotatable bonds is 6. The van der Waals surface area contributed by atoms with Crippen molar-refractivity contribution in [3.63, 3.8) is 0 Å². The first-order valence-electron chi connectivity index (χ1n) is 9.62. The molecule has 0 spiro atoms. The molecule has 1 saturated heterocycles. The number of hydrogen-bond donors (Lipinski definition) is 2. The average Bonchev–Trinajstić information content (AvgIpc) is 3.14. The minimum atomic E-state index is 0.152. The van der Waals surface area contributed by atoms with Crippen LogP contribution in [0.4, 0.5) is 0 Å². The maximum absolute atomic E-state index is 9.95. The minimum Gasteiger partial charge on any atom is -0.504 e. The van der Waals surface area contributed by atoms with E-state index in [1.165, 1.54) is 12.0 Å². The lowest BCUT2D eigenvalue weighted by Crippen LogP contribution is -2.40. The largest absolute Gasteiger partial charge is 0.504 e. The average molecular weight is 367 g/mol. The maximum atomic E-state index is 9.95. The Balaban J connectivity index is 1.63. The molecule has 0 amide bonds. The van der Waals surface area contributed by atoms with Gasteiger partial charge in [0, 0.05) is 19.6 Å². The van der Waals surface area contributed by atoms with Gasteiger partial charge in [0.25, 0.3) is 0 Å². The second-order valence-corrected chi connectivity index (χ2v) is 6.97. The summed E-state index contributed by atoms with van der Waals surface area (Å²) in [6.07, 6.45) is 2.30. The van der Waals surface area contributed by atoms with Crippen molar-refractivity contribution in [2.75, 3.05) is 26.7 Å². The highest BCUT2D eigenvalue weighted by atomic mass is 16.5. The number of nitrogens with zero attached hydrogens (tertiary/aromatic N) is 2. The predicted molar refractivity (Wildman–Crippen MR) is 109 cm³/mol. The first kappa shape index (κ1) is 19.1. The lowest BCUT2D eigenvalue weighted by Gasteiger charge is -2.22. The van der Waals surface area contributed by atoms with Gasteiger partial charge in [-0.05, 0) is 48.9 Å². The summed E-state index contributed by atoms with van der Waals surface area (Å²) in [7, 11) is 1.55. The Morgan fingerprint density at radius 1 is 1.22 bits per heavy atom. The first-order chi connectivity index (χ1) is 13.2. The van der Waals surface area contributed by atoms with Crippen LogP contribution in [0.1, 0.15) is 24.5 Å². The number of nitrogens with one attached hydrogen (secondary N) is 1. The highest BCUT2D eigenvalue weighted by Gasteiger charge is 2.24. The van der Waals surface area contributed by atoms with Gasteiger partial charge in [0.1, 0.15) is 0 Å². The van der Waals surface area contributed by atoms with E-state index in [1.54, 1.807) is 19.2 Å². The summed E-state index contributed by atoms with van der Waals surface area (Å²) < 4.78 is 5.10. The molecule has 2 aromatic carbocycles. The molecule has 5 nitrogen and oxygen atoms in total. The summed E-state index contributed by atoms with van der Waals surface area (Å²) in [5.74, 6) is 2.24. The van der Waals surface area contributed by atoms with Gasteiger partial charge in [-0.1, -0.05) is 36.4 Å². The molecular weight excluding hydrogens is 338 g/mol. The van der Waals surface area contributed by atoms with E-state index < -0.39 is 0 Å². The second kappa shape index (κ2) is 9.31. The molecule has 0 radical (unpaired) electrons. The molecule has 27 heavy (non-hydrogen) atoms. The zero-order chi connectivity index (χ0) is 19.1. The number of guanidine groups is 1. The third-order valence-corrected chi connectivity index (χ3v) is 4.94. The second-order valence-electron chi connectivity index (χ2n) is 6.97. The van der Waals surface area contributed by atoms with Crippen LogP contribution in [-0.4, -0.2) is 42.7 Å². The molecule has 1 fully saturated rings. The van der Waals surface area contributed by atoms with Crippen molar-refractivity contribution < 1.29 is 9.84 Å². The molecule has 0 saturated carbocycles. The van der Waals surface area contributed by atoms with E-state index >= 15 is 0 Å². The number of benzene rings is 2. The Morgan fingerprint density at radius 3 is 2.74 bits per heavy atom. The molecule has 1 aliphatic heterocycles. The Hall–Kier alpha value is -2.69. The molecule has 2 N–H and O–H groups in total. The van der Waals surface area contributed by atoms with Crippen molar-refractivity contribution >= 4 is 5.96 Å². The summed E-state index contributed by atoms with van der Waals surface area (Å²) in [6, 6.07) is 16.1. The summed E-state index contributed by atoms with van der Waals surface area (Å²) in [6.45, 7) is 5.50. The Labute approximate surface area is 161 Å². The maximum Gasteiger partial charge on any atom is 0.194 e. The van der Waals surface area contributed by atoms with Crippen molar-refractivity contribution in [2.24, 2.45) is 10.9 Å². The van der Waals surface area contributed by atoms with E-state index in [1.807, 2.05) is 6.07 Å². The van der Waals surface area contributed by atoms with E-state index in [0.29, 0.717) is 18.2 Å². The number of hydrogen-bond acceptors (Lipinski definition) is 3. The number of ether oxygens (including phenoxy) is 1. The summed E-state index contributed by atoms with van der Waals surface area (Å²) in [5.41, 5.74) is 2.36. The topological polar surface area (TPSA) is 57.1 Å². The standard InChI is InChI=1S/C22H29N3O2/c1-3-23-22(24-15-18-9-10-21(27-2)20(26)14-18)25-12-11-19(16-25)13-17-7-5-4-6-8-17/h4-10,14,19,26H,3,11-13,15-16H2,1-2H3,(H,23,24). The predicted octanol–water partition coefficient (Wildman–Crippen LogP) is 3.43. The fraction of sp³-hybridized carbons (Fsp3) is 0.409. The van der Waals surface area contributed by atoms with Gasteiger partial charge in [0.15, 0.2) is 17.5 Å². The van der Waals surface area contributed by atoms with Crippen molar-refractivity contribution in [3.8, 4) is 11.5 Å². The van der Waals surface area contributed by atoms with Gasteiger partial charge < -0.3 is 20.1 Å². The Kier molecular flexibility index (Phi) is 6.58. The van der Waals surface area contributed by atoms with Crippen molar-refractivity contribution in [1.82, 2.24) is 10.2 Å². The molecule has 0 aliphatic carbocycles. The van der Waals surface area contributed by atoms with E-state index in [-0.39, 0.29) is 5.75 Å². The van der Waals surface area contributed by atoms with Gasteiger partial charge in [-0.2, -0.15) is 0 Å². The van der Waals surface area contributed by atoms with Crippen LogP contribution in [0.25, 0.3) is 0 Å². The first-order valence-corrected chi connectivity index (χ1v) is 9.62. The van der Waals surface area contributed by atoms with Gasteiger partial charge >= 0.3 is 0 Å². The Bertz CT molecular complexity index is 761. The number of phenolic OH excluding ortho intramolecular Hbond substituents is 1. The highest BCUT2D eigenvalue weighted by Crippen LogP contribution is 2.26. The van der Waals surface area contributed by atoms with Crippen LogP contribution in [0.15, 0.2) is 53.5 Å². The van der Waals surface area contributed by atoms with Gasteiger partial charge in [-0.15, -0.1) is 0 Å². The van der Waals surface area contributed by atoms with Crippen LogP contribution in [0.5, 0.6) is 11.5 Å². The normalized spacial score (nSPS) is 17.2. The van der Waals surface area contributed by atoms with Crippen LogP contribution in [0.2, 0.25) is 0 Å². The van der Waals surface area contributed by atoms with Crippen LogP contribution in [0, 0.1) is 5.92 Å². The number of aromatic hydroxyl groups is 1. The van der Waals surface area contributed by atoms with Crippen molar-refractivity contribution in [2.45, 2.75) is 26.3 Å². The quantitative estimate of drug-likeness (QED) is 0.607. The van der Waals surface area contributed by atoms with Crippen molar-refractivity contribution in [1.29, 1.82) is 0 Å². The molecule has 2 aromatic rings. The summed E-state index contributed by atoms with van der Waals surface area (Å²) in [5, 5.41) is 13.4. The lowest BCUT2D eigenvalue weighted by atomic mass is 9.99. The smallest absolute Gasteiger partial charge is 0.194 e. The molecule has 1 aliphatic rings. The fourth-order valence-electron chi connectivity index (χ4n) is 3.56. The number of aliphatic imine (C=N–C) groups is 1. The van der Waals surface area contributed by atoms with Crippen LogP contribution < -0.4 is 10.1 Å². The molecule has 5 heteroatoms. The monoisotopic (exact) mass is 367 g/mol. The molecule has 1 heterocycles. The molecule has 1 unspecified atom stereocenters. The van der Waals surface area contributed by atoms with E-state index in [2.05, 4.69) is 47.5 Å². The zero-order valence-corrected chi connectivity index (χ0v) is 16.2. The summed E-state index contributed by atoms with van der Waals surface area (Å²) >= 11 is 0. The number of likely N-dealkylation sites (tertiary alicyclic amines) is 1. The minimum absolute atomic E-state index is 0.152. The third-order valence-electron chi connectivity index (χ3n) is 4.94. The van der Waals surface area contributed by atoms with Crippen LogP contribution >= 0.6 is 0 Å². The Morgan fingerprint density at radius 2 is 2.04 bits per heavy atom.